The van der Waals surface area contributed by atoms with E-state index >= 15 is 0 Å². The van der Waals surface area contributed by atoms with Crippen LogP contribution in [0.25, 0.3) is 16.9 Å². The lowest BCUT2D eigenvalue weighted by molar-refractivity contribution is -0.138. The number of aromatic nitrogens is 2. The third-order valence-corrected chi connectivity index (χ3v) is 15.3. The standard InChI is InChI=1S/C41H46FN2O5PSi/c1-30(2)40-37(39(31-23-25-32(42)26-24-31)43-44(40)33-16-9-6-10-17-33)22-15-27-48-50(47)29-34(28-38(45)46)49-51(41(3,4)5,35-18-11-7-12-19-35)36-20-13-8-14-21-36/h6-14,16-21,23-26,30,34H,15,22,27-29H2,1-5H3/p+1/t34-/m0/s1. The summed E-state index contributed by atoms with van der Waals surface area (Å²) < 4.78 is 42.4. The van der Waals surface area contributed by atoms with Gasteiger partial charge < -0.3 is 9.53 Å². The van der Waals surface area contributed by atoms with E-state index in [1.165, 1.54) is 12.1 Å². The van der Waals surface area contributed by atoms with Gasteiger partial charge in [0, 0.05) is 11.1 Å². The van der Waals surface area contributed by atoms with Gasteiger partial charge in [0.15, 0.2) is 0 Å². The van der Waals surface area contributed by atoms with Crippen molar-refractivity contribution in [3.05, 3.63) is 132 Å². The van der Waals surface area contributed by atoms with E-state index in [1.54, 1.807) is 12.1 Å². The number of carboxylic acids is 1. The van der Waals surface area contributed by atoms with Crippen molar-refractivity contribution in [3.8, 4) is 16.9 Å². The molecule has 4 aromatic carbocycles. The molecule has 1 aromatic heterocycles. The van der Waals surface area contributed by atoms with Gasteiger partial charge in [0.25, 0.3) is 8.32 Å². The summed E-state index contributed by atoms with van der Waals surface area (Å²) in [5, 5.41) is 16.6. The maximum Gasteiger partial charge on any atom is 0.510 e. The van der Waals surface area contributed by atoms with Crippen LogP contribution >= 0.6 is 8.03 Å². The van der Waals surface area contributed by atoms with E-state index in [0.717, 1.165) is 38.6 Å². The number of halogens is 1. The normalized spacial score (nSPS) is 13.0. The van der Waals surface area contributed by atoms with Crippen LogP contribution in [0.2, 0.25) is 5.04 Å². The molecule has 2 atom stereocenters. The van der Waals surface area contributed by atoms with Gasteiger partial charge in [0.1, 0.15) is 18.5 Å². The van der Waals surface area contributed by atoms with Gasteiger partial charge in [0.05, 0.1) is 23.5 Å². The van der Waals surface area contributed by atoms with E-state index in [4.69, 9.17) is 14.0 Å². The van der Waals surface area contributed by atoms with Crippen LogP contribution in [0.4, 0.5) is 4.39 Å². The molecule has 10 heteroatoms. The molecule has 0 aliphatic carbocycles. The molecule has 0 aliphatic rings. The predicted octanol–water partition coefficient (Wildman–Crippen LogP) is 8.91. The predicted molar refractivity (Wildman–Crippen MR) is 205 cm³/mol. The highest BCUT2D eigenvalue weighted by Gasteiger charge is 2.52. The molecule has 51 heavy (non-hydrogen) atoms. The van der Waals surface area contributed by atoms with Crippen LogP contribution in [0.15, 0.2) is 115 Å². The molecule has 7 nitrogen and oxygen atoms in total. The molecule has 0 aliphatic heterocycles. The van der Waals surface area contributed by atoms with Gasteiger partial charge in [0.2, 0.25) is 6.16 Å². The average molecular weight is 726 g/mol. The highest BCUT2D eigenvalue weighted by molar-refractivity contribution is 7.39. The van der Waals surface area contributed by atoms with Crippen molar-refractivity contribution in [1.82, 2.24) is 9.78 Å². The van der Waals surface area contributed by atoms with Gasteiger partial charge in [-0.15, -0.1) is 4.52 Å². The van der Waals surface area contributed by atoms with Crippen molar-refractivity contribution < 1.29 is 27.8 Å². The Balaban J connectivity index is 1.36. The zero-order valence-electron chi connectivity index (χ0n) is 30.0. The Labute approximate surface area is 302 Å². The lowest BCUT2D eigenvalue weighted by atomic mass is 9.96. The van der Waals surface area contributed by atoms with Crippen LogP contribution in [0.1, 0.15) is 64.6 Å². The molecule has 0 fully saturated rings. The monoisotopic (exact) mass is 725 g/mol. The fraction of sp³-hybridized carbons (Fsp3) is 0.317. The Morgan fingerprint density at radius 1 is 0.882 bits per heavy atom. The van der Waals surface area contributed by atoms with Crippen molar-refractivity contribution >= 4 is 32.7 Å². The Hall–Kier alpha value is -4.27. The molecule has 1 unspecified atom stereocenters. The SMILES string of the molecule is CC(C)c1c(CCCO[P+](=O)C[C@H](CC(=O)O)O[Si](c2ccccc2)(c2ccccc2)C(C)(C)C)c(-c2ccc(F)cc2)nn1-c1ccccc1. The van der Waals surface area contributed by atoms with Crippen LogP contribution in [0, 0.1) is 5.82 Å². The molecule has 1 heterocycles. The van der Waals surface area contributed by atoms with Crippen LogP contribution in [0.3, 0.4) is 0 Å². The molecule has 0 spiro atoms. The van der Waals surface area contributed by atoms with Crippen molar-refractivity contribution in [2.24, 2.45) is 0 Å². The summed E-state index contributed by atoms with van der Waals surface area (Å²) in [5.41, 5.74) is 4.59. The number of hydrogen-bond donors (Lipinski definition) is 1. The first kappa shape index (κ1) is 38.0. The maximum atomic E-state index is 13.9. The van der Waals surface area contributed by atoms with Gasteiger partial charge in [-0.05, 0) is 75.1 Å². The summed E-state index contributed by atoms with van der Waals surface area (Å²) in [6.07, 6.45) is -0.0380. The van der Waals surface area contributed by atoms with Gasteiger partial charge in [-0.3, -0.25) is 4.79 Å². The number of benzene rings is 4. The first-order valence-corrected chi connectivity index (χ1v) is 20.7. The van der Waals surface area contributed by atoms with Crippen molar-refractivity contribution in [2.75, 3.05) is 12.8 Å². The number of nitrogens with zero attached hydrogens (tertiary/aromatic N) is 2. The van der Waals surface area contributed by atoms with E-state index < -0.39 is 28.4 Å². The number of para-hydroxylation sites is 1. The molecule has 5 rings (SSSR count). The zero-order valence-corrected chi connectivity index (χ0v) is 31.9. The number of carbonyl (C=O) groups is 1. The summed E-state index contributed by atoms with van der Waals surface area (Å²) in [6, 6.07) is 36.2. The van der Waals surface area contributed by atoms with Crippen molar-refractivity contribution in [1.29, 1.82) is 0 Å². The number of rotatable bonds is 16. The summed E-state index contributed by atoms with van der Waals surface area (Å²) in [7, 11) is -5.34. The Bertz CT molecular complexity index is 1860. The minimum atomic E-state index is -3.09. The Morgan fingerprint density at radius 2 is 1.43 bits per heavy atom. The Morgan fingerprint density at radius 3 is 1.94 bits per heavy atom. The second-order valence-electron chi connectivity index (χ2n) is 14.1. The molecule has 266 valence electrons. The van der Waals surface area contributed by atoms with E-state index in [0.29, 0.717) is 12.8 Å². The largest absolute Gasteiger partial charge is 0.510 e. The average Bonchev–Trinajstić information content (AvgIpc) is 3.49. The van der Waals surface area contributed by atoms with Crippen LogP contribution in [-0.2, 0) is 24.7 Å². The van der Waals surface area contributed by atoms with E-state index in [2.05, 4.69) is 34.6 Å². The molecule has 1 N–H and O–H groups in total. The minimum Gasteiger partial charge on any atom is -0.481 e. The van der Waals surface area contributed by atoms with Crippen molar-refractivity contribution in [2.45, 2.75) is 70.9 Å². The van der Waals surface area contributed by atoms with Crippen molar-refractivity contribution in [3.63, 3.8) is 0 Å². The first-order chi connectivity index (χ1) is 24.4. The van der Waals surface area contributed by atoms with Gasteiger partial charge in [-0.25, -0.2) is 9.07 Å². The molecule has 0 bridgehead atoms. The fourth-order valence-corrected chi connectivity index (χ4v) is 12.6. The van der Waals surface area contributed by atoms with Gasteiger partial charge >= 0.3 is 14.0 Å². The molecule has 0 saturated heterocycles. The molecular formula is C41H47FN2O5PSi+. The van der Waals surface area contributed by atoms with E-state index in [9.17, 15) is 18.9 Å². The zero-order chi connectivity index (χ0) is 36.6. The number of hydrogen-bond acceptors (Lipinski definition) is 5. The minimum absolute atomic E-state index is 0.0455. The number of carboxylic acid groups (broad SMARTS) is 1. The smallest absolute Gasteiger partial charge is 0.481 e. The Kier molecular flexibility index (Phi) is 12.5. The summed E-state index contributed by atoms with van der Waals surface area (Å²) in [5.74, 6) is -1.20. The molecule has 0 amide bonds. The molecule has 0 saturated carbocycles. The highest BCUT2D eigenvalue weighted by Crippen LogP contribution is 2.39. The van der Waals surface area contributed by atoms with Crippen LogP contribution in [0.5, 0.6) is 0 Å². The third kappa shape index (κ3) is 8.97. The third-order valence-electron chi connectivity index (χ3n) is 9.01. The summed E-state index contributed by atoms with van der Waals surface area (Å²) in [4.78, 5) is 12.1. The molecular weight excluding hydrogens is 679 g/mol. The van der Waals surface area contributed by atoms with E-state index in [1.807, 2.05) is 95.7 Å². The second-order valence-corrected chi connectivity index (χ2v) is 19.6. The second kappa shape index (κ2) is 16.8. The topological polar surface area (TPSA) is 90.7 Å². The fourth-order valence-electron chi connectivity index (χ4n) is 6.82. The van der Waals surface area contributed by atoms with Crippen LogP contribution in [-0.4, -0.2) is 48.0 Å². The summed E-state index contributed by atoms with van der Waals surface area (Å²) in [6.45, 7) is 10.8. The maximum absolute atomic E-state index is 13.9. The van der Waals surface area contributed by atoms with E-state index in [-0.39, 0.29) is 36.0 Å². The lowest BCUT2D eigenvalue weighted by Gasteiger charge is -2.44. The quantitative estimate of drug-likeness (QED) is 0.0621. The highest BCUT2D eigenvalue weighted by atomic mass is 31.1. The first-order valence-electron chi connectivity index (χ1n) is 17.4. The summed E-state index contributed by atoms with van der Waals surface area (Å²) >= 11 is 0. The van der Waals surface area contributed by atoms with Crippen LogP contribution < -0.4 is 10.4 Å². The van der Waals surface area contributed by atoms with Gasteiger partial charge in [-0.1, -0.05) is 113 Å². The number of aliphatic carboxylic acids is 1. The molecule has 0 radical (unpaired) electrons. The van der Waals surface area contributed by atoms with Gasteiger partial charge in [-0.2, -0.15) is 5.10 Å². The lowest BCUT2D eigenvalue weighted by Crippen LogP contribution is -2.68. The molecule has 5 aromatic rings.